The molecule has 2 saturated heterocycles. The van der Waals surface area contributed by atoms with Crippen LogP contribution in [0.25, 0.3) is 0 Å². The van der Waals surface area contributed by atoms with Gasteiger partial charge in [0.05, 0.1) is 19.8 Å². The van der Waals surface area contributed by atoms with Crippen molar-refractivity contribution in [2.75, 3.05) is 13.2 Å². The average molecular weight is 296 g/mol. The van der Waals surface area contributed by atoms with E-state index in [2.05, 4.69) is 0 Å². The van der Waals surface area contributed by atoms with Crippen molar-refractivity contribution in [3.8, 4) is 0 Å². The third-order valence-corrected chi connectivity index (χ3v) is 3.71. The van der Waals surface area contributed by atoms with Crippen LogP contribution in [0.1, 0.15) is 19.4 Å². The van der Waals surface area contributed by atoms with Crippen LogP contribution in [0.2, 0.25) is 0 Å². The molecule has 0 bridgehead atoms. The lowest BCUT2D eigenvalue weighted by molar-refractivity contribution is -0.146. The molecule has 0 unspecified atom stereocenters. The molecule has 5 heteroatoms. The molecule has 2 aliphatic rings. The molecule has 2 heterocycles. The Morgan fingerprint density at radius 2 is 2.10 bits per heavy atom. The standard InChI is InChI=1S/C16H21FO4/c1-16(2)19-10-12(21-16)14(17)15-13(20-15)9-18-8-11-6-4-3-5-7-11/h3-7,12-15H,8-10H2,1-2H3/t12-,13-,14-,15+/m1/s1. The molecule has 0 N–H and O–H groups in total. The Hall–Kier alpha value is -1.01. The summed E-state index contributed by atoms with van der Waals surface area (Å²) in [7, 11) is 0. The topological polar surface area (TPSA) is 40.2 Å². The van der Waals surface area contributed by atoms with Crippen LogP contribution in [-0.4, -0.2) is 43.5 Å². The first-order valence-electron chi connectivity index (χ1n) is 7.28. The fraction of sp³-hybridized carbons (Fsp3) is 0.625. The zero-order chi connectivity index (χ0) is 14.9. The number of ether oxygens (including phenoxy) is 4. The van der Waals surface area contributed by atoms with Gasteiger partial charge in [-0.15, -0.1) is 0 Å². The van der Waals surface area contributed by atoms with Crippen molar-refractivity contribution in [1.82, 2.24) is 0 Å². The maximum absolute atomic E-state index is 14.3. The normalized spacial score (nSPS) is 32.0. The number of hydrogen-bond acceptors (Lipinski definition) is 4. The van der Waals surface area contributed by atoms with Crippen LogP contribution in [0.15, 0.2) is 30.3 Å². The molecule has 0 saturated carbocycles. The summed E-state index contributed by atoms with van der Waals surface area (Å²) >= 11 is 0. The minimum Gasteiger partial charge on any atom is -0.374 e. The molecular formula is C16H21FO4. The van der Waals surface area contributed by atoms with E-state index in [1.807, 2.05) is 30.3 Å². The van der Waals surface area contributed by atoms with Crippen LogP contribution >= 0.6 is 0 Å². The fourth-order valence-electron chi connectivity index (χ4n) is 2.52. The zero-order valence-electron chi connectivity index (χ0n) is 12.3. The molecule has 0 amide bonds. The van der Waals surface area contributed by atoms with Crippen LogP contribution in [0.4, 0.5) is 4.39 Å². The Balaban J connectivity index is 1.38. The summed E-state index contributed by atoms with van der Waals surface area (Å²) in [5.41, 5.74) is 1.10. The summed E-state index contributed by atoms with van der Waals surface area (Å²) in [6, 6.07) is 9.88. The first kappa shape index (κ1) is 14.9. The van der Waals surface area contributed by atoms with Crippen LogP contribution in [-0.2, 0) is 25.6 Å². The van der Waals surface area contributed by atoms with Crippen molar-refractivity contribution in [1.29, 1.82) is 0 Å². The van der Waals surface area contributed by atoms with Crippen molar-refractivity contribution in [3.63, 3.8) is 0 Å². The molecule has 21 heavy (non-hydrogen) atoms. The lowest BCUT2D eigenvalue weighted by Crippen LogP contribution is -2.32. The van der Waals surface area contributed by atoms with Crippen molar-refractivity contribution >= 4 is 0 Å². The summed E-state index contributed by atoms with van der Waals surface area (Å²) in [5.74, 6) is -0.705. The van der Waals surface area contributed by atoms with E-state index in [4.69, 9.17) is 18.9 Å². The van der Waals surface area contributed by atoms with Gasteiger partial charge in [0.1, 0.15) is 18.3 Å². The molecule has 1 aromatic rings. The second kappa shape index (κ2) is 6.01. The van der Waals surface area contributed by atoms with Gasteiger partial charge in [-0.05, 0) is 19.4 Å². The Morgan fingerprint density at radius 1 is 1.33 bits per heavy atom. The Labute approximate surface area is 124 Å². The van der Waals surface area contributed by atoms with Gasteiger partial charge in [0.25, 0.3) is 0 Å². The van der Waals surface area contributed by atoms with E-state index in [9.17, 15) is 4.39 Å². The zero-order valence-corrected chi connectivity index (χ0v) is 12.3. The minimum absolute atomic E-state index is 0.184. The average Bonchev–Trinajstić information content (AvgIpc) is 3.14. The van der Waals surface area contributed by atoms with Gasteiger partial charge >= 0.3 is 0 Å². The molecule has 116 valence electrons. The van der Waals surface area contributed by atoms with Crippen molar-refractivity contribution in [2.45, 2.75) is 50.7 Å². The summed E-state index contributed by atoms with van der Waals surface area (Å²) < 4.78 is 36.1. The lowest BCUT2D eigenvalue weighted by atomic mass is 10.1. The molecule has 4 nitrogen and oxygen atoms in total. The van der Waals surface area contributed by atoms with Crippen molar-refractivity contribution < 1.29 is 23.3 Å². The molecule has 0 spiro atoms. The highest BCUT2D eigenvalue weighted by molar-refractivity contribution is 5.13. The smallest absolute Gasteiger partial charge is 0.163 e. The number of epoxide rings is 1. The summed E-state index contributed by atoms with van der Waals surface area (Å²) in [4.78, 5) is 0. The van der Waals surface area contributed by atoms with E-state index in [1.165, 1.54) is 0 Å². The third-order valence-electron chi connectivity index (χ3n) is 3.71. The second-order valence-electron chi connectivity index (χ2n) is 5.95. The maximum atomic E-state index is 14.3. The van der Waals surface area contributed by atoms with E-state index in [0.717, 1.165) is 5.56 Å². The summed E-state index contributed by atoms with van der Waals surface area (Å²) in [6.07, 6.45) is -2.35. The SMILES string of the molecule is CC1(C)OC[C@H]([C@@H](F)[C@H]2O[C@@H]2COCc2ccccc2)O1. The first-order chi connectivity index (χ1) is 10.1. The number of hydrogen-bond donors (Lipinski definition) is 0. The largest absolute Gasteiger partial charge is 0.374 e. The molecule has 2 aliphatic heterocycles. The van der Waals surface area contributed by atoms with Gasteiger partial charge in [0, 0.05) is 0 Å². The number of benzene rings is 1. The molecule has 0 radical (unpaired) electrons. The highest BCUT2D eigenvalue weighted by atomic mass is 19.1. The van der Waals surface area contributed by atoms with Gasteiger partial charge in [-0.1, -0.05) is 30.3 Å². The van der Waals surface area contributed by atoms with Crippen molar-refractivity contribution in [3.05, 3.63) is 35.9 Å². The van der Waals surface area contributed by atoms with Gasteiger partial charge in [-0.3, -0.25) is 0 Å². The van der Waals surface area contributed by atoms with Gasteiger partial charge in [-0.2, -0.15) is 0 Å². The van der Waals surface area contributed by atoms with E-state index in [0.29, 0.717) is 13.2 Å². The molecular weight excluding hydrogens is 275 g/mol. The van der Waals surface area contributed by atoms with Crippen molar-refractivity contribution in [2.24, 2.45) is 0 Å². The second-order valence-corrected chi connectivity index (χ2v) is 5.95. The molecule has 3 rings (SSSR count). The minimum atomic E-state index is -1.17. The van der Waals surface area contributed by atoms with E-state index in [1.54, 1.807) is 13.8 Å². The Morgan fingerprint density at radius 3 is 2.76 bits per heavy atom. The van der Waals surface area contributed by atoms with Crippen LogP contribution in [0, 0.1) is 0 Å². The lowest BCUT2D eigenvalue weighted by Gasteiger charge is -2.18. The van der Waals surface area contributed by atoms with Gasteiger partial charge in [0.2, 0.25) is 0 Å². The monoisotopic (exact) mass is 296 g/mol. The number of halogens is 1. The summed E-state index contributed by atoms with van der Waals surface area (Å²) in [5, 5.41) is 0. The highest BCUT2D eigenvalue weighted by Gasteiger charge is 2.51. The van der Waals surface area contributed by atoms with Crippen LogP contribution in [0.5, 0.6) is 0 Å². The predicted octanol–water partition coefficient (Wildman–Crippen LogP) is 2.46. The molecule has 0 aromatic heterocycles. The first-order valence-corrected chi connectivity index (χ1v) is 7.28. The Kier molecular flexibility index (Phi) is 4.26. The maximum Gasteiger partial charge on any atom is 0.163 e. The number of rotatable bonds is 6. The predicted molar refractivity (Wildman–Crippen MR) is 74.6 cm³/mol. The third kappa shape index (κ3) is 3.80. The quantitative estimate of drug-likeness (QED) is 0.756. The Bertz CT molecular complexity index is 465. The fourth-order valence-corrected chi connectivity index (χ4v) is 2.52. The van der Waals surface area contributed by atoms with Gasteiger partial charge in [-0.25, -0.2) is 4.39 Å². The summed E-state index contributed by atoms with van der Waals surface area (Å²) in [6.45, 7) is 4.75. The molecule has 1 aromatic carbocycles. The van der Waals surface area contributed by atoms with E-state index >= 15 is 0 Å². The van der Waals surface area contributed by atoms with Gasteiger partial charge in [0.15, 0.2) is 12.0 Å². The number of alkyl halides is 1. The molecule has 0 aliphatic carbocycles. The molecule has 4 atom stereocenters. The molecule has 2 fully saturated rings. The van der Waals surface area contributed by atoms with Crippen LogP contribution in [0.3, 0.4) is 0 Å². The highest BCUT2D eigenvalue weighted by Crippen LogP contribution is 2.34. The van der Waals surface area contributed by atoms with E-state index in [-0.39, 0.29) is 12.7 Å². The van der Waals surface area contributed by atoms with E-state index < -0.39 is 24.2 Å². The van der Waals surface area contributed by atoms with Crippen LogP contribution < -0.4 is 0 Å². The van der Waals surface area contributed by atoms with Gasteiger partial charge < -0.3 is 18.9 Å².